The molecular formula is C13H14FNO3S. The van der Waals surface area contributed by atoms with Gasteiger partial charge < -0.3 is 9.64 Å². The van der Waals surface area contributed by atoms with E-state index in [9.17, 15) is 14.0 Å². The minimum absolute atomic E-state index is 0.0224. The number of anilines is 1. The van der Waals surface area contributed by atoms with Crippen LogP contribution in [0.2, 0.25) is 0 Å². The van der Waals surface area contributed by atoms with Crippen LogP contribution in [0.5, 0.6) is 5.75 Å². The summed E-state index contributed by atoms with van der Waals surface area (Å²) in [4.78, 5) is 24.5. The second kappa shape index (κ2) is 5.61. The molecule has 0 aliphatic carbocycles. The number of hydrogen-bond donors (Lipinski definition) is 0. The number of amides is 1. The number of nitrogens with zero attached hydrogens (tertiary/aromatic N) is 1. The molecule has 1 fully saturated rings. The van der Waals surface area contributed by atoms with E-state index in [0.29, 0.717) is 12.2 Å². The van der Waals surface area contributed by atoms with Gasteiger partial charge in [-0.1, -0.05) is 17.8 Å². The van der Waals surface area contributed by atoms with E-state index in [2.05, 4.69) is 0 Å². The second-order valence-corrected chi connectivity index (χ2v) is 5.71. The van der Waals surface area contributed by atoms with Crippen molar-refractivity contribution in [1.29, 1.82) is 0 Å². The molecule has 1 unspecified atom stereocenters. The Morgan fingerprint density at radius 2 is 2.26 bits per heavy atom. The Morgan fingerprint density at radius 3 is 2.89 bits per heavy atom. The number of benzene rings is 1. The van der Waals surface area contributed by atoms with E-state index < -0.39 is 5.82 Å². The highest BCUT2D eigenvalue weighted by Crippen LogP contribution is 2.35. The molecule has 0 radical (unpaired) electrons. The van der Waals surface area contributed by atoms with Gasteiger partial charge in [-0.3, -0.25) is 9.59 Å². The Morgan fingerprint density at radius 1 is 1.53 bits per heavy atom. The quantitative estimate of drug-likeness (QED) is 0.853. The molecule has 1 aromatic carbocycles. The average Bonchev–Trinajstić information content (AvgIpc) is 2.68. The molecule has 2 rings (SSSR count). The minimum atomic E-state index is -0.504. The van der Waals surface area contributed by atoms with Gasteiger partial charge in [0.1, 0.15) is 0 Å². The van der Waals surface area contributed by atoms with Crippen molar-refractivity contribution in [1.82, 2.24) is 0 Å². The van der Waals surface area contributed by atoms with E-state index in [4.69, 9.17) is 4.74 Å². The highest BCUT2D eigenvalue weighted by atomic mass is 32.2. The number of rotatable bonds is 3. The molecule has 1 aromatic rings. The van der Waals surface area contributed by atoms with Crippen LogP contribution in [0.15, 0.2) is 18.2 Å². The third-order valence-electron chi connectivity index (χ3n) is 2.86. The first-order chi connectivity index (χ1) is 9.02. The molecule has 0 bridgehead atoms. The lowest BCUT2D eigenvalue weighted by Gasteiger charge is -2.19. The van der Waals surface area contributed by atoms with E-state index in [1.165, 1.54) is 31.1 Å². The first-order valence-electron chi connectivity index (χ1n) is 5.83. The Bertz CT molecular complexity index is 521. The molecule has 1 saturated heterocycles. The fraction of sp³-hybridized carbons (Fsp3) is 0.385. The maximum Gasteiger partial charge on any atom is 0.228 e. The number of para-hydroxylation sites is 1. The van der Waals surface area contributed by atoms with Crippen LogP contribution in [0, 0.1) is 5.82 Å². The highest BCUT2D eigenvalue weighted by Gasteiger charge is 2.33. The Hall–Kier alpha value is -1.56. The lowest BCUT2D eigenvalue weighted by Crippen LogP contribution is -2.25. The van der Waals surface area contributed by atoms with E-state index in [1.54, 1.807) is 6.07 Å². The first-order valence-corrected chi connectivity index (χ1v) is 6.71. The number of methoxy groups -OCH3 is 1. The number of carbonyl (C=O) groups is 2. The van der Waals surface area contributed by atoms with Crippen LogP contribution in [-0.4, -0.2) is 29.9 Å². The number of thioether (sulfide) groups is 1. The molecule has 0 spiro atoms. The monoisotopic (exact) mass is 283 g/mol. The van der Waals surface area contributed by atoms with Crippen LogP contribution in [0.1, 0.15) is 13.3 Å². The zero-order valence-electron chi connectivity index (χ0n) is 10.7. The van der Waals surface area contributed by atoms with Crippen LogP contribution in [0.25, 0.3) is 0 Å². The number of hydrogen-bond acceptors (Lipinski definition) is 4. The van der Waals surface area contributed by atoms with E-state index >= 15 is 0 Å². The number of carbonyl (C=O) groups excluding carboxylic acids is 2. The van der Waals surface area contributed by atoms with Gasteiger partial charge in [-0.05, 0) is 12.1 Å². The zero-order valence-corrected chi connectivity index (χ0v) is 11.5. The van der Waals surface area contributed by atoms with Gasteiger partial charge in [-0.2, -0.15) is 0 Å². The van der Waals surface area contributed by atoms with Gasteiger partial charge in [0.25, 0.3) is 0 Å². The van der Waals surface area contributed by atoms with Crippen LogP contribution in [-0.2, 0) is 9.59 Å². The molecule has 0 N–H and O–H groups in total. The van der Waals surface area contributed by atoms with Gasteiger partial charge in [0.15, 0.2) is 16.7 Å². The number of ether oxygens (including phenoxy) is 1. The Balaban J connectivity index is 2.25. The summed E-state index contributed by atoms with van der Waals surface area (Å²) in [6.45, 7) is 1.86. The Kier molecular flexibility index (Phi) is 4.09. The summed E-state index contributed by atoms with van der Waals surface area (Å²) in [7, 11) is 1.37. The molecule has 19 heavy (non-hydrogen) atoms. The zero-order chi connectivity index (χ0) is 14.0. The predicted octanol–water partition coefficient (Wildman–Crippen LogP) is 2.22. The van der Waals surface area contributed by atoms with E-state index in [1.807, 2.05) is 0 Å². The van der Waals surface area contributed by atoms with Crippen molar-refractivity contribution in [3.63, 3.8) is 0 Å². The lowest BCUT2D eigenvalue weighted by atomic mass is 10.2. The third kappa shape index (κ3) is 2.89. The number of halogens is 1. The first kappa shape index (κ1) is 13.9. The standard InChI is InChI=1S/C13H14FNO3S/c1-8(16)19-9-6-12(17)15(7-9)11-5-3-4-10(14)13(11)18-2/h3-5,9H,6-7H2,1-2H3. The summed E-state index contributed by atoms with van der Waals surface area (Å²) in [6.07, 6.45) is 0.282. The van der Waals surface area contributed by atoms with Crippen LogP contribution in [0.3, 0.4) is 0 Å². The normalized spacial score (nSPS) is 18.8. The van der Waals surface area contributed by atoms with Gasteiger partial charge in [0.2, 0.25) is 5.91 Å². The fourth-order valence-corrected chi connectivity index (χ4v) is 3.05. The van der Waals surface area contributed by atoms with Crippen molar-refractivity contribution in [3.8, 4) is 5.75 Å². The van der Waals surface area contributed by atoms with Crippen molar-refractivity contribution >= 4 is 28.5 Å². The Labute approximate surface area is 114 Å². The SMILES string of the molecule is COc1c(F)cccc1N1CC(SC(C)=O)CC1=O. The molecule has 1 amide bonds. The summed E-state index contributed by atoms with van der Waals surface area (Å²) in [5.74, 6) is -0.567. The van der Waals surface area contributed by atoms with Gasteiger partial charge in [0, 0.05) is 25.1 Å². The topological polar surface area (TPSA) is 46.6 Å². The summed E-state index contributed by atoms with van der Waals surface area (Å²) in [5.41, 5.74) is 0.416. The van der Waals surface area contributed by atoms with Gasteiger partial charge >= 0.3 is 0 Å². The highest BCUT2D eigenvalue weighted by molar-refractivity contribution is 8.14. The largest absolute Gasteiger partial charge is 0.492 e. The van der Waals surface area contributed by atoms with Crippen LogP contribution in [0.4, 0.5) is 10.1 Å². The molecule has 1 aliphatic heterocycles. The van der Waals surface area contributed by atoms with Gasteiger partial charge in [-0.25, -0.2) is 4.39 Å². The van der Waals surface area contributed by atoms with Gasteiger partial charge in [0.05, 0.1) is 12.8 Å². The lowest BCUT2D eigenvalue weighted by molar-refractivity contribution is -0.117. The molecule has 1 atom stereocenters. The molecular weight excluding hydrogens is 269 g/mol. The molecule has 6 heteroatoms. The van der Waals surface area contributed by atoms with Crippen molar-refractivity contribution in [2.45, 2.75) is 18.6 Å². The van der Waals surface area contributed by atoms with Crippen LogP contribution >= 0.6 is 11.8 Å². The summed E-state index contributed by atoms with van der Waals surface area (Å²) < 4.78 is 18.6. The second-order valence-electron chi connectivity index (χ2n) is 4.23. The average molecular weight is 283 g/mol. The molecule has 1 aliphatic rings. The van der Waals surface area contributed by atoms with Crippen molar-refractivity contribution in [3.05, 3.63) is 24.0 Å². The predicted molar refractivity (Wildman–Crippen MR) is 72.0 cm³/mol. The smallest absolute Gasteiger partial charge is 0.228 e. The molecule has 1 heterocycles. The summed E-state index contributed by atoms with van der Waals surface area (Å²) in [6, 6.07) is 4.46. The maximum atomic E-state index is 13.6. The van der Waals surface area contributed by atoms with E-state index in [0.717, 1.165) is 11.8 Å². The minimum Gasteiger partial charge on any atom is -0.492 e. The molecule has 4 nitrogen and oxygen atoms in total. The molecule has 0 saturated carbocycles. The molecule has 0 aromatic heterocycles. The van der Waals surface area contributed by atoms with Gasteiger partial charge in [-0.15, -0.1) is 0 Å². The maximum absolute atomic E-state index is 13.6. The molecule has 102 valence electrons. The van der Waals surface area contributed by atoms with Crippen molar-refractivity contribution in [2.75, 3.05) is 18.6 Å². The third-order valence-corrected chi connectivity index (χ3v) is 3.84. The van der Waals surface area contributed by atoms with Crippen molar-refractivity contribution < 1.29 is 18.7 Å². The summed E-state index contributed by atoms with van der Waals surface area (Å²) >= 11 is 1.15. The fourth-order valence-electron chi connectivity index (χ4n) is 2.13. The van der Waals surface area contributed by atoms with Crippen molar-refractivity contribution in [2.24, 2.45) is 0 Å². The van der Waals surface area contributed by atoms with E-state index in [-0.39, 0.29) is 28.4 Å². The summed E-state index contributed by atoms with van der Waals surface area (Å²) in [5, 5.41) is -0.108. The van der Waals surface area contributed by atoms with Crippen LogP contribution < -0.4 is 9.64 Å².